The van der Waals surface area contributed by atoms with Crippen molar-refractivity contribution in [2.45, 2.75) is 19.9 Å². The van der Waals surface area contributed by atoms with Crippen LogP contribution in [0.2, 0.25) is 0 Å². The summed E-state index contributed by atoms with van der Waals surface area (Å²) < 4.78 is 0. The summed E-state index contributed by atoms with van der Waals surface area (Å²) in [6.07, 6.45) is 1.56. The van der Waals surface area contributed by atoms with Crippen molar-refractivity contribution < 1.29 is 14.4 Å². The molecule has 0 radical (unpaired) electrons. The third kappa shape index (κ3) is 2.54. The van der Waals surface area contributed by atoms with Crippen LogP contribution in [0.5, 0.6) is 0 Å². The first-order chi connectivity index (χ1) is 9.00. The number of nitrogens with zero attached hydrogens (tertiary/aromatic N) is 1. The predicted octanol–water partition coefficient (Wildman–Crippen LogP) is 0.921. The molecular formula is C14H14N2O3. The molecule has 1 aliphatic heterocycles. The fraction of sp³-hybridized carbons (Fsp3) is 0.214. The van der Waals surface area contributed by atoms with Gasteiger partial charge < -0.3 is 5.32 Å². The van der Waals surface area contributed by atoms with Gasteiger partial charge in [-0.25, -0.2) is 0 Å². The number of rotatable bonds is 1. The fourth-order valence-electron chi connectivity index (χ4n) is 1.94. The van der Waals surface area contributed by atoms with Crippen molar-refractivity contribution in [1.82, 2.24) is 10.2 Å². The minimum Gasteiger partial charge on any atom is -0.320 e. The highest BCUT2D eigenvalue weighted by atomic mass is 16.2. The second-order valence-corrected chi connectivity index (χ2v) is 4.33. The van der Waals surface area contributed by atoms with E-state index in [4.69, 9.17) is 0 Å². The van der Waals surface area contributed by atoms with E-state index in [9.17, 15) is 14.4 Å². The quantitative estimate of drug-likeness (QED) is 0.762. The van der Waals surface area contributed by atoms with E-state index in [1.54, 1.807) is 6.08 Å². The number of amides is 3. The molecule has 1 aliphatic rings. The summed E-state index contributed by atoms with van der Waals surface area (Å²) in [4.78, 5) is 36.3. The number of hydrogen-bond acceptors (Lipinski definition) is 3. The van der Waals surface area contributed by atoms with Gasteiger partial charge in [0, 0.05) is 6.92 Å². The third-order valence-electron chi connectivity index (χ3n) is 2.92. The molecule has 0 bridgehead atoms. The van der Waals surface area contributed by atoms with Crippen molar-refractivity contribution in [2.24, 2.45) is 0 Å². The molecule has 5 nitrogen and oxygen atoms in total. The Morgan fingerprint density at radius 1 is 1.26 bits per heavy atom. The Morgan fingerprint density at radius 2 is 1.89 bits per heavy atom. The molecule has 3 amide bonds. The van der Waals surface area contributed by atoms with Crippen molar-refractivity contribution >= 4 is 23.8 Å². The lowest BCUT2D eigenvalue weighted by Gasteiger charge is -2.31. The first-order valence-electron chi connectivity index (χ1n) is 5.92. The Hall–Kier alpha value is -2.43. The van der Waals surface area contributed by atoms with Gasteiger partial charge in [-0.05, 0) is 18.6 Å². The minimum absolute atomic E-state index is 0.115. The molecule has 0 saturated carbocycles. The van der Waals surface area contributed by atoms with Gasteiger partial charge in [-0.3, -0.25) is 19.3 Å². The standard InChI is InChI=1S/C14H14N2O3/c1-9-13(18)15-12(14(19)16(9)10(2)17)8-11-6-4-3-5-7-11/h3-9H,1-2H3,(H,15,18). The van der Waals surface area contributed by atoms with Gasteiger partial charge in [-0.1, -0.05) is 30.3 Å². The summed E-state index contributed by atoms with van der Waals surface area (Å²) in [6, 6.07) is 8.34. The summed E-state index contributed by atoms with van der Waals surface area (Å²) >= 11 is 0. The van der Waals surface area contributed by atoms with E-state index in [1.807, 2.05) is 30.3 Å². The molecule has 19 heavy (non-hydrogen) atoms. The summed E-state index contributed by atoms with van der Waals surface area (Å²) in [5.74, 6) is -1.29. The Balaban J connectivity index is 2.37. The van der Waals surface area contributed by atoms with Gasteiger partial charge in [0.25, 0.3) is 5.91 Å². The van der Waals surface area contributed by atoms with E-state index in [0.29, 0.717) is 0 Å². The predicted molar refractivity (Wildman–Crippen MR) is 69.6 cm³/mol. The molecule has 1 N–H and O–H groups in total. The largest absolute Gasteiger partial charge is 0.320 e. The Bertz CT molecular complexity index is 563. The van der Waals surface area contributed by atoms with Crippen molar-refractivity contribution in [3.8, 4) is 0 Å². The summed E-state index contributed by atoms with van der Waals surface area (Å²) in [7, 11) is 0. The molecule has 0 spiro atoms. The van der Waals surface area contributed by atoms with Gasteiger partial charge in [0.05, 0.1) is 0 Å². The van der Waals surface area contributed by atoms with E-state index in [2.05, 4.69) is 5.32 Å². The number of carbonyl (C=O) groups is 3. The topological polar surface area (TPSA) is 66.5 Å². The lowest BCUT2D eigenvalue weighted by Crippen LogP contribution is -2.57. The van der Waals surface area contributed by atoms with Gasteiger partial charge in [0.1, 0.15) is 11.7 Å². The van der Waals surface area contributed by atoms with Gasteiger partial charge >= 0.3 is 0 Å². The third-order valence-corrected chi connectivity index (χ3v) is 2.92. The highest BCUT2D eigenvalue weighted by molar-refractivity contribution is 6.13. The van der Waals surface area contributed by atoms with Crippen LogP contribution in [0.25, 0.3) is 6.08 Å². The first kappa shape index (κ1) is 13.0. The number of carbonyl (C=O) groups excluding carboxylic acids is 3. The second kappa shape index (κ2) is 5.06. The zero-order valence-electron chi connectivity index (χ0n) is 10.7. The smallest absolute Gasteiger partial charge is 0.277 e. The van der Waals surface area contributed by atoms with E-state index >= 15 is 0 Å². The molecule has 1 fully saturated rings. The van der Waals surface area contributed by atoms with Crippen molar-refractivity contribution in [1.29, 1.82) is 0 Å². The number of benzene rings is 1. The normalized spacial score (nSPS) is 21.5. The van der Waals surface area contributed by atoms with Gasteiger partial charge in [0.15, 0.2) is 0 Å². The van der Waals surface area contributed by atoms with Crippen LogP contribution in [-0.2, 0) is 14.4 Å². The molecule has 1 aromatic carbocycles. The first-order valence-corrected chi connectivity index (χ1v) is 5.92. The second-order valence-electron chi connectivity index (χ2n) is 4.33. The highest BCUT2D eigenvalue weighted by Crippen LogP contribution is 2.15. The van der Waals surface area contributed by atoms with E-state index < -0.39 is 17.9 Å². The van der Waals surface area contributed by atoms with Gasteiger partial charge in [-0.2, -0.15) is 0 Å². The average Bonchev–Trinajstić information content (AvgIpc) is 2.37. The number of imide groups is 1. The Kier molecular flexibility index (Phi) is 3.46. The zero-order chi connectivity index (χ0) is 14.0. The Morgan fingerprint density at radius 3 is 2.47 bits per heavy atom. The monoisotopic (exact) mass is 258 g/mol. The molecule has 2 rings (SSSR count). The molecule has 1 heterocycles. The summed E-state index contributed by atoms with van der Waals surface area (Å²) in [5.41, 5.74) is 0.897. The maximum absolute atomic E-state index is 12.1. The molecule has 1 unspecified atom stereocenters. The van der Waals surface area contributed by atoms with E-state index in [1.165, 1.54) is 13.8 Å². The molecule has 0 aromatic heterocycles. The SMILES string of the molecule is CC(=O)N1C(=O)C(=Cc2ccccc2)NC(=O)C1C. The Labute approximate surface area is 110 Å². The van der Waals surface area contributed by atoms with E-state index in [0.717, 1.165) is 10.5 Å². The van der Waals surface area contributed by atoms with Crippen LogP contribution in [0.1, 0.15) is 19.4 Å². The molecule has 0 aliphatic carbocycles. The molecular weight excluding hydrogens is 244 g/mol. The number of nitrogens with one attached hydrogen (secondary N) is 1. The van der Waals surface area contributed by atoms with Crippen LogP contribution >= 0.6 is 0 Å². The van der Waals surface area contributed by atoms with Crippen LogP contribution in [-0.4, -0.2) is 28.7 Å². The van der Waals surface area contributed by atoms with Crippen molar-refractivity contribution in [3.63, 3.8) is 0 Å². The lowest BCUT2D eigenvalue weighted by atomic mass is 10.1. The molecule has 5 heteroatoms. The average molecular weight is 258 g/mol. The number of piperazine rings is 1. The lowest BCUT2D eigenvalue weighted by molar-refractivity contribution is -0.151. The van der Waals surface area contributed by atoms with Crippen LogP contribution in [0.15, 0.2) is 36.0 Å². The maximum Gasteiger partial charge on any atom is 0.277 e. The number of hydrogen-bond donors (Lipinski definition) is 1. The van der Waals surface area contributed by atoms with Crippen molar-refractivity contribution in [3.05, 3.63) is 41.6 Å². The van der Waals surface area contributed by atoms with Crippen LogP contribution < -0.4 is 5.32 Å². The van der Waals surface area contributed by atoms with E-state index in [-0.39, 0.29) is 11.6 Å². The van der Waals surface area contributed by atoms with Gasteiger partial charge in [0.2, 0.25) is 11.8 Å². The summed E-state index contributed by atoms with van der Waals surface area (Å²) in [5, 5.41) is 2.53. The molecule has 1 aromatic rings. The van der Waals surface area contributed by atoms with Crippen LogP contribution in [0.3, 0.4) is 0 Å². The van der Waals surface area contributed by atoms with Crippen molar-refractivity contribution in [2.75, 3.05) is 0 Å². The fourth-order valence-corrected chi connectivity index (χ4v) is 1.94. The maximum atomic E-state index is 12.1. The minimum atomic E-state index is -0.780. The summed E-state index contributed by atoms with van der Waals surface area (Å²) in [6.45, 7) is 2.79. The highest BCUT2D eigenvalue weighted by Gasteiger charge is 2.36. The molecule has 1 atom stereocenters. The molecule has 1 saturated heterocycles. The molecule has 98 valence electrons. The van der Waals surface area contributed by atoms with Crippen LogP contribution in [0, 0.1) is 0 Å². The van der Waals surface area contributed by atoms with Gasteiger partial charge in [-0.15, -0.1) is 0 Å². The zero-order valence-corrected chi connectivity index (χ0v) is 10.7. The van der Waals surface area contributed by atoms with Crippen LogP contribution in [0.4, 0.5) is 0 Å².